The maximum Gasteiger partial charge on any atom is 0.216 e. The Morgan fingerprint density at radius 1 is 1.21 bits per heavy atom. The third-order valence-corrected chi connectivity index (χ3v) is 6.59. The zero-order valence-electron chi connectivity index (χ0n) is 11.8. The molecule has 6 heteroatoms. The number of ether oxygens (including phenoxy) is 1. The molecule has 19 heavy (non-hydrogen) atoms. The zero-order valence-corrected chi connectivity index (χ0v) is 12.6. The van der Waals surface area contributed by atoms with Gasteiger partial charge in [-0.1, -0.05) is 6.42 Å². The average molecular weight is 290 g/mol. The van der Waals surface area contributed by atoms with Gasteiger partial charge in [0.1, 0.15) is 0 Å². The molecule has 0 amide bonds. The second-order valence-electron chi connectivity index (χ2n) is 5.61. The molecule has 2 saturated heterocycles. The highest BCUT2D eigenvalue weighted by Gasteiger charge is 2.31. The molecule has 1 N–H and O–H groups in total. The van der Waals surface area contributed by atoms with Crippen molar-refractivity contribution in [1.29, 1.82) is 0 Å². The van der Waals surface area contributed by atoms with E-state index in [0.717, 1.165) is 13.0 Å². The smallest absolute Gasteiger partial charge is 0.216 e. The van der Waals surface area contributed by atoms with Gasteiger partial charge < -0.3 is 10.1 Å². The van der Waals surface area contributed by atoms with E-state index in [1.54, 1.807) is 11.4 Å². The number of sulfonamides is 1. The predicted molar refractivity (Wildman–Crippen MR) is 75.6 cm³/mol. The van der Waals surface area contributed by atoms with Crippen LogP contribution >= 0.6 is 0 Å². The number of nitrogens with zero attached hydrogens (tertiary/aromatic N) is 1. The molecular formula is C13H26N2O3S. The lowest BCUT2D eigenvalue weighted by Crippen LogP contribution is -2.42. The third kappa shape index (κ3) is 4.15. The second-order valence-corrected chi connectivity index (χ2v) is 7.93. The molecule has 112 valence electrons. The molecule has 0 saturated carbocycles. The SMILES string of the molecule is CN(CCC1CCCCN1)S(=O)(=O)C1CCOCC1. The highest BCUT2D eigenvalue weighted by Crippen LogP contribution is 2.19. The van der Waals surface area contributed by atoms with Crippen molar-refractivity contribution in [3.63, 3.8) is 0 Å². The largest absolute Gasteiger partial charge is 0.381 e. The van der Waals surface area contributed by atoms with Gasteiger partial charge in [-0.3, -0.25) is 0 Å². The fourth-order valence-corrected chi connectivity index (χ4v) is 4.52. The molecule has 2 aliphatic heterocycles. The molecule has 0 bridgehead atoms. The van der Waals surface area contributed by atoms with Crippen LogP contribution in [0.3, 0.4) is 0 Å². The van der Waals surface area contributed by atoms with Crippen LogP contribution in [0.1, 0.15) is 38.5 Å². The summed E-state index contributed by atoms with van der Waals surface area (Å²) in [5, 5.41) is 3.22. The number of piperidine rings is 1. The Kier molecular flexibility index (Phi) is 5.62. The van der Waals surface area contributed by atoms with Gasteiger partial charge in [0.15, 0.2) is 0 Å². The lowest BCUT2D eigenvalue weighted by Gasteiger charge is -2.29. The van der Waals surface area contributed by atoms with E-state index in [1.165, 1.54) is 19.3 Å². The van der Waals surface area contributed by atoms with Gasteiger partial charge in [0.05, 0.1) is 5.25 Å². The summed E-state index contributed by atoms with van der Waals surface area (Å²) < 4.78 is 31.6. The summed E-state index contributed by atoms with van der Waals surface area (Å²) in [4.78, 5) is 0. The van der Waals surface area contributed by atoms with Gasteiger partial charge >= 0.3 is 0 Å². The van der Waals surface area contributed by atoms with Gasteiger partial charge in [0, 0.05) is 32.8 Å². The topological polar surface area (TPSA) is 58.6 Å². The lowest BCUT2D eigenvalue weighted by molar-refractivity contribution is 0.0973. The Bertz CT molecular complexity index is 360. The van der Waals surface area contributed by atoms with E-state index in [4.69, 9.17) is 4.74 Å². The molecule has 2 heterocycles. The van der Waals surface area contributed by atoms with Gasteiger partial charge in [0.2, 0.25) is 10.0 Å². The minimum atomic E-state index is -3.14. The Morgan fingerprint density at radius 3 is 2.58 bits per heavy atom. The van der Waals surface area contributed by atoms with E-state index < -0.39 is 10.0 Å². The molecule has 0 aliphatic carbocycles. The first-order valence-electron chi connectivity index (χ1n) is 7.37. The van der Waals surface area contributed by atoms with E-state index in [2.05, 4.69) is 5.32 Å². The highest BCUT2D eigenvalue weighted by atomic mass is 32.2. The van der Waals surface area contributed by atoms with Gasteiger partial charge in [-0.05, 0) is 38.6 Å². The van der Waals surface area contributed by atoms with Crippen molar-refractivity contribution in [3.05, 3.63) is 0 Å². The normalized spacial score (nSPS) is 26.7. The van der Waals surface area contributed by atoms with Crippen molar-refractivity contribution in [1.82, 2.24) is 9.62 Å². The summed E-state index contributed by atoms with van der Waals surface area (Å²) in [6.45, 7) is 2.84. The minimum absolute atomic E-state index is 0.245. The summed E-state index contributed by atoms with van der Waals surface area (Å²) in [7, 11) is -1.42. The first-order valence-corrected chi connectivity index (χ1v) is 8.87. The van der Waals surface area contributed by atoms with E-state index in [1.807, 2.05) is 0 Å². The van der Waals surface area contributed by atoms with Crippen LogP contribution in [-0.4, -0.2) is 57.4 Å². The van der Waals surface area contributed by atoms with Crippen LogP contribution in [0.5, 0.6) is 0 Å². The number of nitrogens with one attached hydrogen (secondary N) is 1. The fourth-order valence-electron chi connectivity index (χ4n) is 2.86. The Labute approximate surface area is 116 Å². The molecule has 0 aromatic rings. The molecule has 0 aromatic carbocycles. The summed E-state index contributed by atoms with van der Waals surface area (Å²) in [5.74, 6) is 0. The monoisotopic (exact) mass is 290 g/mol. The maximum absolute atomic E-state index is 12.4. The van der Waals surface area contributed by atoms with Crippen LogP contribution in [0.25, 0.3) is 0 Å². The minimum Gasteiger partial charge on any atom is -0.381 e. The summed E-state index contributed by atoms with van der Waals surface area (Å²) in [6.07, 6.45) is 5.85. The van der Waals surface area contributed by atoms with Crippen molar-refractivity contribution in [2.45, 2.75) is 49.8 Å². The van der Waals surface area contributed by atoms with Gasteiger partial charge in [-0.25, -0.2) is 12.7 Å². The van der Waals surface area contributed by atoms with E-state index in [9.17, 15) is 8.42 Å². The lowest BCUT2D eigenvalue weighted by atomic mass is 10.0. The van der Waals surface area contributed by atoms with Gasteiger partial charge in [0.25, 0.3) is 0 Å². The highest BCUT2D eigenvalue weighted by molar-refractivity contribution is 7.89. The van der Waals surface area contributed by atoms with Gasteiger partial charge in [-0.2, -0.15) is 0 Å². The van der Waals surface area contributed by atoms with Crippen molar-refractivity contribution in [3.8, 4) is 0 Å². The second kappa shape index (κ2) is 7.02. The Morgan fingerprint density at radius 2 is 1.95 bits per heavy atom. The Balaban J connectivity index is 1.81. The first kappa shape index (κ1) is 15.2. The van der Waals surface area contributed by atoms with Crippen LogP contribution in [-0.2, 0) is 14.8 Å². The molecule has 2 aliphatic rings. The van der Waals surface area contributed by atoms with Crippen LogP contribution in [0.15, 0.2) is 0 Å². The van der Waals surface area contributed by atoms with E-state index >= 15 is 0 Å². The summed E-state index contributed by atoms with van der Waals surface area (Å²) in [5.41, 5.74) is 0. The van der Waals surface area contributed by atoms with Crippen molar-refractivity contribution < 1.29 is 13.2 Å². The number of rotatable bonds is 5. The maximum atomic E-state index is 12.4. The summed E-state index contributed by atoms with van der Waals surface area (Å²) >= 11 is 0. The zero-order chi connectivity index (χ0) is 13.7. The third-order valence-electron chi connectivity index (χ3n) is 4.23. The standard InChI is InChI=1S/C13H26N2O3S/c1-15(9-5-12-4-2-3-8-14-12)19(16,17)13-6-10-18-11-7-13/h12-14H,2-11H2,1H3. The molecule has 5 nitrogen and oxygen atoms in total. The number of hydrogen-bond acceptors (Lipinski definition) is 4. The van der Waals surface area contributed by atoms with E-state index in [0.29, 0.717) is 38.6 Å². The molecular weight excluding hydrogens is 264 g/mol. The Hall–Kier alpha value is -0.170. The van der Waals surface area contributed by atoms with Crippen molar-refractivity contribution >= 4 is 10.0 Å². The fraction of sp³-hybridized carbons (Fsp3) is 1.00. The molecule has 0 aromatic heterocycles. The van der Waals surface area contributed by atoms with Crippen molar-refractivity contribution in [2.24, 2.45) is 0 Å². The first-order chi connectivity index (χ1) is 9.10. The molecule has 0 radical (unpaired) electrons. The van der Waals surface area contributed by atoms with Gasteiger partial charge in [-0.15, -0.1) is 0 Å². The number of hydrogen-bond donors (Lipinski definition) is 1. The van der Waals surface area contributed by atoms with E-state index in [-0.39, 0.29) is 5.25 Å². The molecule has 0 spiro atoms. The average Bonchev–Trinajstić information content (AvgIpc) is 2.46. The van der Waals surface area contributed by atoms with Crippen LogP contribution in [0.4, 0.5) is 0 Å². The molecule has 2 rings (SSSR count). The van der Waals surface area contributed by atoms with Crippen LogP contribution < -0.4 is 5.32 Å². The van der Waals surface area contributed by atoms with Crippen molar-refractivity contribution in [2.75, 3.05) is 33.4 Å². The van der Waals surface area contributed by atoms with Crippen LogP contribution in [0, 0.1) is 0 Å². The molecule has 1 unspecified atom stereocenters. The molecule has 1 atom stereocenters. The predicted octanol–water partition coefficient (Wildman–Crippen LogP) is 0.959. The van der Waals surface area contributed by atoms with Crippen LogP contribution in [0.2, 0.25) is 0 Å². The quantitative estimate of drug-likeness (QED) is 0.819. The molecule has 2 fully saturated rings. The summed E-state index contributed by atoms with van der Waals surface area (Å²) in [6, 6.07) is 0.487.